The first-order valence-electron chi connectivity index (χ1n) is 5.47. The van der Waals surface area contributed by atoms with Gasteiger partial charge in [-0.05, 0) is 17.7 Å². The summed E-state index contributed by atoms with van der Waals surface area (Å²) in [6, 6.07) is 0.885. The Morgan fingerprint density at radius 3 is 2.10 bits per heavy atom. The van der Waals surface area contributed by atoms with Gasteiger partial charge < -0.3 is 15.5 Å². The van der Waals surface area contributed by atoms with Crippen molar-refractivity contribution < 1.29 is 33.4 Å². The van der Waals surface area contributed by atoms with Crippen LogP contribution in [0.2, 0.25) is 0 Å². The Morgan fingerprint density at radius 2 is 1.65 bits per heavy atom. The maximum atomic E-state index is 12.9. The molecule has 1 atom stereocenters. The van der Waals surface area contributed by atoms with Gasteiger partial charge >= 0.3 is 11.9 Å². The van der Waals surface area contributed by atoms with Gasteiger partial charge in [0.25, 0.3) is 0 Å². The molecule has 0 saturated carbocycles. The summed E-state index contributed by atoms with van der Waals surface area (Å²) in [5.41, 5.74) is 0.0134. The van der Waals surface area contributed by atoms with Gasteiger partial charge in [-0.2, -0.15) is 0 Å². The van der Waals surface area contributed by atoms with E-state index in [1.807, 2.05) is 5.32 Å². The van der Waals surface area contributed by atoms with Crippen LogP contribution in [-0.2, 0) is 20.8 Å². The van der Waals surface area contributed by atoms with Crippen molar-refractivity contribution in [1.29, 1.82) is 0 Å². The van der Waals surface area contributed by atoms with Crippen LogP contribution < -0.4 is 5.32 Å². The lowest BCUT2D eigenvalue weighted by Gasteiger charge is -2.12. The molecule has 3 N–H and O–H groups in total. The van der Waals surface area contributed by atoms with Gasteiger partial charge in [-0.3, -0.25) is 9.59 Å². The Bertz CT molecular complexity index is 526. The van der Waals surface area contributed by atoms with Gasteiger partial charge in [-0.15, -0.1) is 0 Å². The number of halogens is 2. The van der Waals surface area contributed by atoms with E-state index in [0.717, 1.165) is 12.1 Å². The average Bonchev–Trinajstić information content (AvgIpc) is 2.25. The summed E-state index contributed by atoms with van der Waals surface area (Å²) in [4.78, 5) is 32.7. The Labute approximate surface area is 112 Å². The molecule has 0 saturated heterocycles. The maximum absolute atomic E-state index is 12.9. The van der Waals surface area contributed by atoms with Crippen LogP contribution in [0.3, 0.4) is 0 Å². The number of benzene rings is 1. The van der Waals surface area contributed by atoms with Gasteiger partial charge in [-0.25, -0.2) is 13.6 Å². The van der Waals surface area contributed by atoms with Gasteiger partial charge in [0.2, 0.25) is 5.91 Å². The number of carboxylic acids is 2. The van der Waals surface area contributed by atoms with Crippen molar-refractivity contribution in [3.63, 3.8) is 0 Å². The highest BCUT2D eigenvalue weighted by atomic mass is 19.1. The van der Waals surface area contributed by atoms with Crippen LogP contribution in [0.25, 0.3) is 0 Å². The summed E-state index contributed by atoms with van der Waals surface area (Å²) in [5.74, 6) is -5.48. The van der Waals surface area contributed by atoms with E-state index in [4.69, 9.17) is 10.2 Å². The molecule has 0 bridgehead atoms. The number of nitrogens with one attached hydrogen (secondary N) is 1. The van der Waals surface area contributed by atoms with Crippen molar-refractivity contribution in [1.82, 2.24) is 5.32 Å². The van der Waals surface area contributed by atoms with Gasteiger partial charge in [0.15, 0.2) is 0 Å². The SMILES string of the molecule is O=C(O)C[C@H](NC(=O)Cc1cc(F)cc(F)c1)C(=O)O. The zero-order valence-electron chi connectivity index (χ0n) is 10.1. The van der Waals surface area contributed by atoms with Gasteiger partial charge in [0, 0.05) is 6.07 Å². The Kier molecular flexibility index (Phi) is 5.13. The van der Waals surface area contributed by atoms with Crippen LogP contribution in [0.4, 0.5) is 8.78 Å². The minimum Gasteiger partial charge on any atom is -0.481 e. The lowest BCUT2D eigenvalue weighted by molar-refractivity contribution is -0.147. The molecule has 0 aliphatic carbocycles. The van der Waals surface area contributed by atoms with E-state index < -0.39 is 48.4 Å². The van der Waals surface area contributed by atoms with Gasteiger partial charge in [0.1, 0.15) is 17.7 Å². The summed E-state index contributed by atoms with van der Waals surface area (Å²) in [5, 5.41) is 19.2. The van der Waals surface area contributed by atoms with E-state index in [2.05, 4.69) is 0 Å². The molecule has 0 aliphatic rings. The zero-order chi connectivity index (χ0) is 15.3. The first kappa shape index (κ1) is 15.5. The molecule has 108 valence electrons. The van der Waals surface area contributed by atoms with Gasteiger partial charge in [-0.1, -0.05) is 0 Å². The topological polar surface area (TPSA) is 104 Å². The molecular formula is C12H11F2NO5. The number of carbonyl (C=O) groups is 3. The molecule has 0 aromatic heterocycles. The fourth-order valence-corrected chi connectivity index (χ4v) is 1.52. The number of aliphatic carboxylic acids is 2. The van der Waals surface area contributed by atoms with E-state index in [1.165, 1.54) is 0 Å². The minimum atomic E-state index is -1.60. The molecule has 0 fully saturated rings. The van der Waals surface area contributed by atoms with Crippen LogP contribution >= 0.6 is 0 Å². The number of hydrogen-bond donors (Lipinski definition) is 3. The van der Waals surface area contributed by atoms with E-state index >= 15 is 0 Å². The van der Waals surface area contributed by atoms with Gasteiger partial charge in [0.05, 0.1) is 12.8 Å². The van der Waals surface area contributed by atoms with E-state index in [-0.39, 0.29) is 5.56 Å². The summed E-state index contributed by atoms with van der Waals surface area (Å²) in [6.45, 7) is 0. The molecule has 0 heterocycles. The van der Waals surface area contributed by atoms with E-state index in [9.17, 15) is 23.2 Å². The van der Waals surface area contributed by atoms with Crippen LogP contribution in [0, 0.1) is 11.6 Å². The van der Waals surface area contributed by atoms with Crippen LogP contribution in [0.1, 0.15) is 12.0 Å². The molecule has 8 heteroatoms. The Morgan fingerprint density at radius 1 is 1.10 bits per heavy atom. The van der Waals surface area contributed by atoms with Crippen molar-refractivity contribution in [2.24, 2.45) is 0 Å². The van der Waals surface area contributed by atoms with Crippen molar-refractivity contribution in [2.75, 3.05) is 0 Å². The quantitative estimate of drug-likeness (QED) is 0.709. The second kappa shape index (κ2) is 6.60. The minimum absolute atomic E-state index is 0.0134. The molecule has 0 radical (unpaired) electrons. The largest absolute Gasteiger partial charge is 0.481 e. The molecule has 6 nitrogen and oxygen atoms in total. The number of amides is 1. The third-order valence-corrected chi connectivity index (χ3v) is 2.30. The fraction of sp³-hybridized carbons (Fsp3) is 0.250. The molecule has 1 aromatic rings. The van der Waals surface area contributed by atoms with Crippen molar-refractivity contribution in [3.05, 3.63) is 35.4 Å². The molecule has 0 aliphatic heterocycles. The lowest BCUT2D eigenvalue weighted by Crippen LogP contribution is -2.42. The third kappa shape index (κ3) is 5.01. The summed E-state index contributed by atoms with van der Waals surface area (Å²) in [6.07, 6.45) is -1.25. The zero-order valence-corrected chi connectivity index (χ0v) is 10.1. The summed E-state index contributed by atoms with van der Waals surface area (Å²) in [7, 11) is 0. The molecule has 1 amide bonds. The van der Waals surface area contributed by atoms with Crippen LogP contribution in [0.5, 0.6) is 0 Å². The maximum Gasteiger partial charge on any atom is 0.326 e. The summed E-state index contributed by atoms with van der Waals surface area (Å²) >= 11 is 0. The highest BCUT2D eigenvalue weighted by Crippen LogP contribution is 2.08. The normalized spacial score (nSPS) is 11.7. The average molecular weight is 287 g/mol. The first-order valence-corrected chi connectivity index (χ1v) is 5.47. The second-order valence-corrected chi connectivity index (χ2v) is 4.01. The first-order chi connectivity index (χ1) is 9.27. The molecule has 20 heavy (non-hydrogen) atoms. The van der Waals surface area contributed by atoms with Crippen LogP contribution in [-0.4, -0.2) is 34.1 Å². The summed E-state index contributed by atoms with van der Waals surface area (Å²) < 4.78 is 25.8. The second-order valence-electron chi connectivity index (χ2n) is 4.01. The molecule has 0 spiro atoms. The molecular weight excluding hydrogens is 276 g/mol. The standard InChI is InChI=1S/C12H11F2NO5/c13-7-1-6(2-8(14)4-7)3-10(16)15-9(12(19)20)5-11(17)18/h1-2,4,9H,3,5H2,(H,15,16)(H,17,18)(H,19,20)/t9-/m0/s1. The Hall–Kier alpha value is -2.51. The van der Waals surface area contributed by atoms with Crippen LogP contribution in [0.15, 0.2) is 18.2 Å². The van der Waals surface area contributed by atoms with Crippen molar-refractivity contribution >= 4 is 17.8 Å². The number of hydrogen-bond acceptors (Lipinski definition) is 3. The smallest absolute Gasteiger partial charge is 0.326 e. The number of rotatable bonds is 6. The Balaban J connectivity index is 2.70. The highest BCUT2D eigenvalue weighted by Gasteiger charge is 2.23. The molecule has 1 aromatic carbocycles. The monoisotopic (exact) mass is 287 g/mol. The predicted octanol–water partition coefficient (Wildman–Crippen LogP) is 0.551. The fourth-order valence-electron chi connectivity index (χ4n) is 1.52. The third-order valence-electron chi connectivity index (χ3n) is 2.30. The van der Waals surface area contributed by atoms with Crippen molar-refractivity contribution in [2.45, 2.75) is 18.9 Å². The highest BCUT2D eigenvalue weighted by molar-refractivity contribution is 5.87. The van der Waals surface area contributed by atoms with Crippen molar-refractivity contribution in [3.8, 4) is 0 Å². The molecule has 0 unspecified atom stereocenters. The number of carboxylic acid groups (broad SMARTS) is 2. The predicted molar refractivity (Wildman–Crippen MR) is 61.9 cm³/mol. The molecule has 1 rings (SSSR count). The van der Waals surface area contributed by atoms with E-state index in [1.54, 1.807) is 0 Å². The number of carbonyl (C=O) groups excluding carboxylic acids is 1. The van der Waals surface area contributed by atoms with E-state index in [0.29, 0.717) is 6.07 Å². The lowest BCUT2D eigenvalue weighted by atomic mass is 10.1.